The molecule has 4 heteroatoms. The monoisotopic (exact) mass is 285 g/mol. The van der Waals surface area contributed by atoms with E-state index in [0.717, 1.165) is 24.1 Å². The van der Waals surface area contributed by atoms with Gasteiger partial charge in [0.1, 0.15) is 0 Å². The van der Waals surface area contributed by atoms with Gasteiger partial charge in [-0.2, -0.15) is 0 Å². The molecule has 1 amide bonds. The second kappa shape index (κ2) is 5.35. The lowest BCUT2D eigenvalue weighted by atomic mass is 9.92. The molecule has 2 aliphatic rings. The molecule has 1 aromatic rings. The molecule has 1 aromatic carbocycles. The van der Waals surface area contributed by atoms with Gasteiger partial charge in [0.25, 0.3) is 0 Å². The van der Waals surface area contributed by atoms with Crippen LogP contribution in [0.3, 0.4) is 0 Å². The zero-order valence-corrected chi connectivity index (χ0v) is 12.3. The number of methoxy groups -OCH3 is 1. The van der Waals surface area contributed by atoms with Gasteiger partial charge in [-0.25, -0.2) is 4.79 Å². The molecule has 4 nitrogen and oxygen atoms in total. The summed E-state index contributed by atoms with van der Waals surface area (Å²) in [6, 6.07) is 5.18. The summed E-state index contributed by atoms with van der Waals surface area (Å²) in [5.74, 6) is 0.771. The van der Waals surface area contributed by atoms with E-state index in [2.05, 4.69) is 17.5 Å². The highest BCUT2D eigenvalue weighted by Gasteiger charge is 2.39. The van der Waals surface area contributed by atoms with E-state index in [-0.39, 0.29) is 17.8 Å². The Morgan fingerprint density at radius 2 is 2.05 bits per heavy atom. The van der Waals surface area contributed by atoms with Gasteiger partial charge in [0.2, 0.25) is 5.91 Å². The Balaban J connectivity index is 1.72. The summed E-state index contributed by atoms with van der Waals surface area (Å²) >= 11 is 0. The van der Waals surface area contributed by atoms with Crippen LogP contribution in [0, 0.1) is 24.7 Å². The third kappa shape index (κ3) is 2.58. The van der Waals surface area contributed by atoms with Crippen LogP contribution in [0.4, 0.5) is 5.69 Å². The maximum absolute atomic E-state index is 12.4. The summed E-state index contributed by atoms with van der Waals surface area (Å²) < 4.78 is 4.69. The molecule has 1 N–H and O–H groups in total. The normalized spacial score (nSPS) is 25.9. The van der Waals surface area contributed by atoms with E-state index in [0.29, 0.717) is 17.4 Å². The van der Waals surface area contributed by atoms with Crippen LogP contribution in [0.25, 0.3) is 0 Å². The number of hydrogen-bond acceptors (Lipinski definition) is 3. The molecule has 3 atom stereocenters. The number of allylic oxidation sites excluding steroid dienone is 2. The standard InChI is InChI=1S/C17H19NO3/c1-10-7-13(17(20)21-2)5-6-15(10)18-16(19)14-9-11-3-4-12(14)8-11/h3-7,11-12,14H,8-9H2,1-2H3,(H,18,19)/t11-,12-,14+/m0/s1. The molecule has 1 saturated carbocycles. The van der Waals surface area contributed by atoms with Crippen molar-refractivity contribution in [1.29, 1.82) is 0 Å². The average molecular weight is 285 g/mol. The number of aryl methyl sites for hydroxylation is 1. The first-order chi connectivity index (χ1) is 10.1. The largest absolute Gasteiger partial charge is 0.465 e. The van der Waals surface area contributed by atoms with Gasteiger partial charge in [-0.3, -0.25) is 4.79 Å². The van der Waals surface area contributed by atoms with Crippen LogP contribution in [0.15, 0.2) is 30.4 Å². The summed E-state index contributed by atoms with van der Waals surface area (Å²) in [6.45, 7) is 1.88. The summed E-state index contributed by atoms with van der Waals surface area (Å²) in [5, 5.41) is 3.00. The molecule has 0 unspecified atom stereocenters. The second-order valence-corrected chi connectivity index (χ2v) is 5.90. The van der Waals surface area contributed by atoms with Crippen LogP contribution in [-0.2, 0) is 9.53 Å². The van der Waals surface area contributed by atoms with Crippen molar-refractivity contribution < 1.29 is 14.3 Å². The minimum absolute atomic E-state index is 0.0830. The van der Waals surface area contributed by atoms with Gasteiger partial charge in [0.15, 0.2) is 0 Å². The van der Waals surface area contributed by atoms with Gasteiger partial charge >= 0.3 is 5.97 Å². The summed E-state index contributed by atoms with van der Waals surface area (Å²) in [4.78, 5) is 23.9. The molecule has 3 rings (SSSR count). The SMILES string of the molecule is COC(=O)c1ccc(NC(=O)[C@@H]2C[C@H]3C=C[C@H]2C3)c(C)c1. The molecule has 0 saturated heterocycles. The number of ether oxygens (including phenoxy) is 1. The second-order valence-electron chi connectivity index (χ2n) is 5.90. The Kier molecular flexibility index (Phi) is 3.53. The van der Waals surface area contributed by atoms with Crippen molar-refractivity contribution in [2.45, 2.75) is 19.8 Å². The van der Waals surface area contributed by atoms with Gasteiger partial charge < -0.3 is 10.1 Å². The first-order valence-electron chi connectivity index (χ1n) is 7.26. The molecule has 0 aliphatic heterocycles. The molecular formula is C17H19NO3. The fourth-order valence-electron chi connectivity index (χ4n) is 3.36. The van der Waals surface area contributed by atoms with Crippen LogP contribution in [0.2, 0.25) is 0 Å². The molecule has 0 radical (unpaired) electrons. The van der Waals surface area contributed by atoms with E-state index in [4.69, 9.17) is 4.74 Å². The number of carbonyl (C=O) groups is 2. The summed E-state index contributed by atoms with van der Waals surface area (Å²) in [6.07, 6.45) is 6.46. The van der Waals surface area contributed by atoms with E-state index < -0.39 is 0 Å². The molecule has 0 spiro atoms. The van der Waals surface area contributed by atoms with Gasteiger partial charge in [-0.15, -0.1) is 0 Å². The minimum Gasteiger partial charge on any atom is -0.465 e. The number of nitrogens with one attached hydrogen (secondary N) is 1. The van der Waals surface area contributed by atoms with Crippen LogP contribution < -0.4 is 5.32 Å². The average Bonchev–Trinajstić information content (AvgIpc) is 3.11. The van der Waals surface area contributed by atoms with Crippen molar-refractivity contribution in [2.24, 2.45) is 17.8 Å². The predicted octanol–water partition coefficient (Wildman–Crippen LogP) is 2.93. The van der Waals surface area contributed by atoms with Gasteiger partial charge in [0.05, 0.1) is 12.7 Å². The lowest BCUT2D eigenvalue weighted by molar-refractivity contribution is -0.120. The smallest absolute Gasteiger partial charge is 0.337 e. The topological polar surface area (TPSA) is 55.4 Å². The molecular weight excluding hydrogens is 266 g/mol. The number of anilines is 1. The quantitative estimate of drug-likeness (QED) is 0.686. The first-order valence-corrected chi connectivity index (χ1v) is 7.26. The number of amides is 1. The lowest BCUT2D eigenvalue weighted by Crippen LogP contribution is -2.26. The molecule has 0 heterocycles. The van der Waals surface area contributed by atoms with Crippen molar-refractivity contribution >= 4 is 17.6 Å². The Labute approximate surface area is 124 Å². The van der Waals surface area contributed by atoms with E-state index in [1.54, 1.807) is 18.2 Å². The predicted molar refractivity (Wildman–Crippen MR) is 80.0 cm³/mol. The maximum atomic E-state index is 12.4. The fraction of sp³-hybridized carbons (Fsp3) is 0.412. The highest BCUT2D eigenvalue weighted by Crippen LogP contribution is 2.43. The highest BCUT2D eigenvalue weighted by molar-refractivity contribution is 5.95. The third-order valence-electron chi connectivity index (χ3n) is 4.52. The van der Waals surface area contributed by atoms with Gasteiger partial charge in [0, 0.05) is 11.6 Å². The Bertz CT molecular complexity index is 620. The molecule has 110 valence electrons. The number of benzene rings is 1. The fourth-order valence-corrected chi connectivity index (χ4v) is 3.36. The number of carbonyl (C=O) groups excluding carboxylic acids is 2. The van der Waals surface area contributed by atoms with Crippen molar-refractivity contribution in [2.75, 3.05) is 12.4 Å². The molecule has 1 fully saturated rings. The van der Waals surface area contributed by atoms with Crippen molar-refractivity contribution in [3.63, 3.8) is 0 Å². The number of hydrogen-bond donors (Lipinski definition) is 1. The van der Waals surface area contributed by atoms with Crippen molar-refractivity contribution in [3.05, 3.63) is 41.5 Å². The van der Waals surface area contributed by atoms with E-state index in [9.17, 15) is 9.59 Å². The van der Waals surface area contributed by atoms with Gasteiger partial charge in [-0.1, -0.05) is 12.2 Å². The molecule has 0 aromatic heterocycles. The molecule has 2 aliphatic carbocycles. The van der Waals surface area contributed by atoms with Crippen LogP contribution in [0.1, 0.15) is 28.8 Å². The van der Waals surface area contributed by atoms with Crippen LogP contribution in [0.5, 0.6) is 0 Å². The van der Waals surface area contributed by atoms with E-state index >= 15 is 0 Å². The van der Waals surface area contributed by atoms with Crippen molar-refractivity contribution in [3.8, 4) is 0 Å². The number of esters is 1. The minimum atomic E-state index is -0.366. The Morgan fingerprint density at radius 1 is 1.24 bits per heavy atom. The zero-order valence-electron chi connectivity index (χ0n) is 12.3. The van der Waals surface area contributed by atoms with Crippen LogP contribution >= 0.6 is 0 Å². The number of rotatable bonds is 3. The zero-order chi connectivity index (χ0) is 15.0. The Morgan fingerprint density at radius 3 is 2.62 bits per heavy atom. The van der Waals surface area contributed by atoms with E-state index in [1.807, 2.05) is 6.92 Å². The van der Waals surface area contributed by atoms with Crippen LogP contribution in [-0.4, -0.2) is 19.0 Å². The Hall–Kier alpha value is -2.10. The summed E-state index contributed by atoms with van der Waals surface area (Å²) in [7, 11) is 1.36. The first kappa shape index (κ1) is 13.9. The van der Waals surface area contributed by atoms with E-state index in [1.165, 1.54) is 7.11 Å². The molecule has 2 bridgehead atoms. The van der Waals surface area contributed by atoms with Crippen molar-refractivity contribution in [1.82, 2.24) is 0 Å². The maximum Gasteiger partial charge on any atom is 0.337 e. The lowest BCUT2D eigenvalue weighted by Gasteiger charge is -2.18. The molecule has 21 heavy (non-hydrogen) atoms. The van der Waals surface area contributed by atoms with Gasteiger partial charge in [-0.05, 0) is 55.4 Å². The number of fused-ring (bicyclic) bond motifs is 2. The summed E-state index contributed by atoms with van der Waals surface area (Å²) in [5.41, 5.74) is 2.13. The third-order valence-corrected chi connectivity index (χ3v) is 4.52. The highest BCUT2D eigenvalue weighted by atomic mass is 16.5.